The number of thiazole rings is 1. The maximum Gasteiger partial charge on any atom is 0.250 e. The van der Waals surface area contributed by atoms with Crippen molar-refractivity contribution in [2.75, 3.05) is 18.1 Å². The van der Waals surface area contributed by atoms with E-state index in [9.17, 15) is 4.79 Å². The first-order valence-corrected chi connectivity index (χ1v) is 10.9. The van der Waals surface area contributed by atoms with E-state index in [2.05, 4.69) is 5.10 Å². The number of hydrogen-bond acceptors (Lipinski definition) is 5. The molecule has 152 valence electrons. The number of aryl methyl sites for hydroxylation is 1. The van der Waals surface area contributed by atoms with Crippen LogP contribution in [0.3, 0.4) is 0 Å². The monoisotopic (exact) mass is 450 g/mol. The fourth-order valence-electron chi connectivity index (χ4n) is 3.27. The first-order chi connectivity index (χ1) is 14.0. The number of hydrogen-bond donors (Lipinski definition) is 0. The molecule has 4 rings (SSSR count). The van der Waals surface area contributed by atoms with Crippen molar-refractivity contribution in [1.82, 2.24) is 14.8 Å². The van der Waals surface area contributed by atoms with Crippen LogP contribution in [0.25, 0.3) is 11.3 Å². The fraction of sp³-hybridized carbons (Fsp3) is 0.350. The molecule has 29 heavy (non-hydrogen) atoms. The van der Waals surface area contributed by atoms with Crippen LogP contribution in [0, 0.1) is 6.92 Å². The molecule has 1 aliphatic rings. The molecule has 6 nitrogen and oxygen atoms in total. The van der Waals surface area contributed by atoms with Gasteiger partial charge in [-0.2, -0.15) is 5.10 Å². The van der Waals surface area contributed by atoms with Gasteiger partial charge in [0, 0.05) is 28.8 Å². The molecule has 0 spiro atoms. The molecule has 1 aromatic carbocycles. The minimum Gasteiger partial charge on any atom is -0.376 e. The van der Waals surface area contributed by atoms with Crippen LogP contribution < -0.4 is 4.90 Å². The van der Waals surface area contributed by atoms with Crippen LogP contribution in [0.1, 0.15) is 18.4 Å². The SMILES string of the molecule is Cc1cnn(CC(=O)N(CC2CCCO2)c2nc(-c3ccc(Cl)cc3Cl)cs2)c1. The van der Waals surface area contributed by atoms with Crippen molar-refractivity contribution in [2.45, 2.75) is 32.4 Å². The molecule has 1 amide bonds. The van der Waals surface area contributed by atoms with Crippen LogP contribution in [0.4, 0.5) is 5.13 Å². The molecular formula is C20H20Cl2N4O2S. The van der Waals surface area contributed by atoms with E-state index < -0.39 is 0 Å². The van der Waals surface area contributed by atoms with Crippen molar-refractivity contribution in [3.05, 3.63) is 51.6 Å². The van der Waals surface area contributed by atoms with Crippen LogP contribution in [-0.2, 0) is 16.1 Å². The van der Waals surface area contributed by atoms with Crippen molar-refractivity contribution in [3.63, 3.8) is 0 Å². The number of ether oxygens (including phenoxy) is 1. The molecule has 3 aromatic rings. The van der Waals surface area contributed by atoms with E-state index in [0.29, 0.717) is 27.4 Å². The van der Waals surface area contributed by atoms with Gasteiger partial charge in [-0.25, -0.2) is 4.98 Å². The standard InChI is InChI=1S/C20H20Cl2N4O2S/c1-13-8-23-25(9-13)11-19(27)26(10-15-3-2-6-28-15)20-24-18(12-29-20)16-5-4-14(21)7-17(16)22/h4-5,7-9,12,15H,2-3,6,10-11H2,1H3. The molecule has 3 heterocycles. The number of amides is 1. The normalized spacial score (nSPS) is 16.3. The first-order valence-electron chi connectivity index (χ1n) is 9.31. The van der Waals surface area contributed by atoms with Gasteiger partial charge in [0.25, 0.3) is 5.91 Å². The second-order valence-electron chi connectivity index (χ2n) is 6.99. The van der Waals surface area contributed by atoms with Gasteiger partial charge in [-0.05, 0) is 43.5 Å². The van der Waals surface area contributed by atoms with Gasteiger partial charge >= 0.3 is 0 Å². The van der Waals surface area contributed by atoms with Gasteiger partial charge in [0.1, 0.15) is 6.54 Å². The molecule has 9 heteroatoms. The maximum absolute atomic E-state index is 13.1. The molecule has 0 radical (unpaired) electrons. The van der Waals surface area contributed by atoms with Gasteiger partial charge in [0.2, 0.25) is 0 Å². The lowest BCUT2D eigenvalue weighted by Gasteiger charge is -2.23. The van der Waals surface area contributed by atoms with E-state index in [0.717, 1.165) is 30.6 Å². The number of nitrogens with zero attached hydrogens (tertiary/aromatic N) is 4. The smallest absolute Gasteiger partial charge is 0.250 e. The third-order valence-electron chi connectivity index (χ3n) is 4.70. The molecule has 0 N–H and O–H groups in total. The van der Waals surface area contributed by atoms with E-state index in [1.807, 2.05) is 24.6 Å². The minimum absolute atomic E-state index is 0.0183. The van der Waals surface area contributed by atoms with Crippen molar-refractivity contribution >= 4 is 45.6 Å². The van der Waals surface area contributed by atoms with Crippen molar-refractivity contribution in [2.24, 2.45) is 0 Å². The Hall–Kier alpha value is -1.93. The molecule has 0 aliphatic carbocycles. The number of rotatable bonds is 6. The third-order valence-corrected chi connectivity index (χ3v) is 6.11. The highest BCUT2D eigenvalue weighted by atomic mass is 35.5. The lowest BCUT2D eigenvalue weighted by Crippen LogP contribution is -2.39. The summed E-state index contributed by atoms with van der Waals surface area (Å²) in [4.78, 5) is 19.5. The number of carbonyl (C=O) groups excluding carboxylic acids is 1. The number of aromatic nitrogens is 3. The van der Waals surface area contributed by atoms with E-state index in [-0.39, 0.29) is 18.6 Å². The highest BCUT2D eigenvalue weighted by molar-refractivity contribution is 7.14. The summed E-state index contributed by atoms with van der Waals surface area (Å²) in [5.74, 6) is -0.0771. The predicted molar refractivity (Wildman–Crippen MR) is 116 cm³/mol. The number of anilines is 1. The number of carbonyl (C=O) groups is 1. The van der Waals surface area contributed by atoms with E-state index in [4.69, 9.17) is 32.9 Å². The minimum atomic E-state index is -0.0771. The maximum atomic E-state index is 13.1. The van der Waals surface area contributed by atoms with Crippen LogP contribution in [0.5, 0.6) is 0 Å². The zero-order valence-electron chi connectivity index (χ0n) is 15.8. The zero-order chi connectivity index (χ0) is 20.4. The van der Waals surface area contributed by atoms with Crippen LogP contribution in [-0.4, -0.2) is 39.9 Å². The summed E-state index contributed by atoms with van der Waals surface area (Å²) >= 11 is 13.7. The van der Waals surface area contributed by atoms with Crippen LogP contribution in [0.15, 0.2) is 36.0 Å². The molecule has 0 saturated carbocycles. The van der Waals surface area contributed by atoms with Gasteiger partial charge < -0.3 is 4.74 Å². The summed E-state index contributed by atoms with van der Waals surface area (Å²) in [6.07, 6.45) is 5.55. The highest BCUT2D eigenvalue weighted by Crippen LogP contribution is 2.34. The summed E-state index contributed by atoms with van der Waals surface area (Å²) in [5, 5.41) is 7.84. The van der Waals surface area contributed by atoms with Crippen molar-refractivity contribution in [1.29, 1.82) is 0 Å². The van der Waals surface area contributed by atoms with Crippen LogP contribution >= 0.6 is 34.5 Å². The summed E-state index contributed by atoms with van der Waals surface area (Å²) in [5.41, 5.74) is 2.51. The van der Waals surface area contributed by atoms with Crippen molar-refractivity contribution in [3.8, 4) is 11.3 Å². The first kappa shape index (κ1) is 20.3. The van der Waals surface area contributed by atoms with Crippen molar-refractivity contribution < 1.29 is 9.53 Å². The van der Waals surface area contributed by atoms with Crippen LogP contribution in [0.2, 0.25) is 10.0 Å². The largest absolute Gasteiger partial charge is 0.376 e. The number of halogens is 2. The van der Waals surface area contributed by atoms with E-state index in [1.54, 1.807) is 27.9 Å². The Balaban J connectivity index is 1.60. The van der Waals surface area contributed by atoms with Gasteiger partial charge in [-0.1, -0.05) is 23.2 Å². The van der Waals surface area contributed by atoms with E-state index >= 15 is 0 Å². The predicted octanol–water partition coefficient (Wildman–Crippen LogP) is 4.83. The average Bonchev–Trinajstić information content (AvgIpc) is 3.42. The Kier molecular flexibility index (Phi) is 6.20. The summed E-state index contributed by atoms with van der Waals surface area (Å²) in [6.45, 7) is 3.30. The van der Waals surface area contributed by atoms with Gasteiger partial charge in [0.15, 0.2) is 5.13 Å². The lowest BCUT2D eigenvalue weighted by molar-refractivity contribution is -0.119. The molecule has 2 aromatic heterocycles. The fourth-order valence-corrected chi connectivity index (χ4v) is 4.62. The summed E-state index contributed by atoms with van der Waals surface area (Å²) < 4.78 is 7.40. The van der Waals surface area contributed by atoms with Gasteiger partial charge in [-0.3, -0.25) is 14.4 Å². The molecular weight excluding hydrogens is 431 g/mol. The van der Waals surface area contributed by atoms with Gasteiger partial charge in [0.05, 0.1) is 29.6 Å². The third kappa shape index (κ3) is 4.80. The lowest BCUT2D eigenvalue weighted by atomic mass is 10.2. The second kappa shape index (κ2) is 8.83. The average molecular weight is 451 g/mol. The zero-order valence-corrected chi connectivity index (χ0v) is 18.2. The topological polar surface area (TPSA) is 60.2 Å². The number of benzene rings is 1. The Morgan fingerprint density at radius 3 is 2.97 bits per heavy atom. The molecule has 1 saturated heterocycles. The Bertz CT molecular complexity index is 1010. The van der Waals surface area contributed by atoms with Gasteiger partial charge in [-0.15, -0.1) is 11.3 Å². The Morgan fingerprint density at radius 1 is 1.41 bits per heavy atom. The highest BCUT2D eigenvalue weighted by Gasteiger charge is 2.26. The molecule has 1 fully saturated rings. The Morgan fingerprint density at radius 2 is 2.28 bits per heavy atom. The molecule has 1 atom stereocenters. The van der Waals surface area contributed by atoms with E-state index in [1.165, 1.54) is 11.3 Å². The molecule has 0 bridgehead atoms. The summed E-state index contributed by atoms with van der Waals surface area (Å²) in [7, 11) is 0. The molecule has 1 unspecified atom stereocenters. The Labute approximate surface area is 183 Å². The summed E-state index contributed by atoms with van der Waals surface area (Å²) in [6, 6.07) is 5.30. The quantitative estimate of drug-likeness (QED) is 0.539. The second-order valence-corrected chi connectivity index (χ2v) is 8.67. The molecule has 1 aliphatic heterocycles.